The van der Waals surface area contributed by atoms with E-state index in [0.29, 0.717) is 18.8 Å². The van der Waals surface area contributed by atoms with Crippen molar-refractivity contribution in [2.45, 2.75) is 27.3 Å². The van der Waals surface area contributed by atoms with E-state index in [1.807, 2.05) is 13.8 Å². The van der Waals surface area contributed by atoms with Crippen LogP contribution in [0.1, 0.15) is 16.7 Å². The van der Waals surface area contributed by atoms with Gasteiger partial charge in [0.2, 0.25) is 0 Å². The summed E-state index contributed by atoms with van der Waals surface area (Å²) in [4.78, 5) is 11.6. The Hall–Kier alpha value is -2.23. The average Bonchev–Trinajstić information content (AvgIpc) is 2.36. The molecule has 2 aromatic rings. The van der Waals surface area contributed by atoms with Crippen LogP contribution in [0.5, 0.6) is 5.75 Å². The summed E-state index contributed by atoms with van der Waals surface area (Å²) in [5, 5.41) is 0. The Balaban J connectivity index is 2.07. The largest absolute Gasteiger partial charge is 0.491 e. The van der Waals surface area contributed by atoms with Gasteiger partial charge in [0.25, 0.3) is 5.56 Å². The SMILES string of the molecule is Cc1cc(C)c(OCCn2cc(N)ccc2=O)c(C)c1. The Morgan fingerprint density at radius 1 is 1.15 bits per heavy atom. The number of nitrogen functional groups attached to an aromatic ring is 1. The lowest BCUT2D eigenvalue weighted by atomic mass is 10.1. The fourth-order valence-corrected chi connectivity index (χ4v) is 2.37. The smallest absolute Gasteiger partial charge is 0.250 e. The molecule has 1 aromatic heterocycles. The molecule has 1 heterocycles. The molecule has 0 atom stereocenters. The Morgan fingerprint density at radius 2 is 1.80 bits per heavy atom. The van der Waals surface area contributed by atoms with Crippen molar-refractivity contribution < 1.29 is 4.74 Å². The zero-order valence-corrected chi connectivity index (χ0v) is 12.1. The summed E-state index contributed by atoms with van der Waals surface area (Å²) in [7, 11) is 0. The van der Waals surface area contributed by atoms with Crippen molar-refractivity contribution in [1.82, 2.24) is 4.57 Å². The van der Waals surface area contributed by atoms with Crippen molar-refractivity contribution >= 4 is 5.69 Å². The molecule has 4 nitrogen and oxygen atoms in total. The zero-order valence-electron chi connectivity index (χ0n) is 12.1. The molecule has 0 unspecified atom stereocenters. The van der Waals surface area contributed by atoms with Crippen molar-refractivity contribution in [2.75, 3.05) is 12.3 Å². The van der Waals surface area contributed by atoms with Gasteiger partial charge in [-0.2, -0.15) is 0 Å². The van der Waals surface area contributed by atoms with E-state index in [-0.39, 0.29) is 5.56 Å². The number of hydrogen-bond donors (Lipinski definition) is 1. The molecular formula is C16H20N2O2. The molecule has 2 rings (SSSR count). The molecule has 1 aromatic carbocycles. The average molecular weight is 272 g/mol. The van der Waals surface area contributed by atoms with Crippen molar-refractivity contribution in [1.29, 1.82) is 0 Å². The predicted molar refractivity (Wildman–Crippen MR) is 81.3 cm³/mol. The number of aryl methyl sites for hydroxylation is 3. The van der Waals surface area contributed by atoms with Crippen molar-refractivity contribution in [3.05, 3.63) is 57.5 Å². The summed E-state index contributed by atoms with van der Waals surface area (Å²) in [6.45, 7) is 7.05. The van der Waals surface area contributed by atoms with Gasteiger partial charge in [-0.25, -0.2) is 0 Å². The van der Waals surface area contributed by atoms with E-state index in [2.05, 4.69) is 19.1 Å². The molecule has 0 saturated carbocycles. The highest BCUT2D eigenvalue weighted by molar-refractivity contribution is 5.42. The summed E-state index contributed by atoms with van der Waals surface area (Å²) in [5.41, 5.74) is 9.63. The van der Waals surface area contributed by atoms with Gasteiger partial charge in [0.15, 0.2) is 0 Å². The Kier molecular flexibility index (Phi) is 4.13. The highest BCUT2D eigenvalue weighted by atomic mass is 16.5. The molecule has 0 aliphatic carbocycles. The number of rotatable bonds is 4. The van der Waals surface area contributed by atoms with Gasteiger partial charge in [0, 0.05) is 18.0 Å². The maximum atomic E-state index is 11.6. The van der Waals surface area contributed by atoms with Crippen LogP contribution >= 0.6 is 0 Å². The Morgan fingerprint density at radius 3 is 2.45 bits per heavy atom. The Bertz CT molecular complexity index is 651. The molecular weight excluding hydrogens is 252 g/mol. The highest BCUT2D eigenvalue weighted by Crippen LogP contribution is 2.24. The third-order valence-corrected chi connectivity index (χ3v) is 3.19. The molecule has 0 fully saturated rings. The second-order valence-corrected chi connectivity index (χ2v) is 5.07. The lowest BCUT2D eigenvalue weighted by Gasteiger charge is -2.14. The second-order valence-electron chi connectivity index (χ2n) is 5.07. The van der Waals surface area contributed by atoms with Gasteiger partial charge >= 0.3 is 0 Å². The Labute approximate surface area is 118 Å². The molecule has 0 amide bonds. The van der Waals surface area contributed by atoms with Crippen molar-refractivity contribution in [2.24, 2.45) is 0 Å². The van der Waals surface area contributed by atoms with E-state index < -0.39 is 0 Å². The highest BCUT2D eigenvalue weighted by Gasteiger charge is 2.05. The van der Waals surface area contributed by atoms with Gasteiger partial charge in [-0.3, -0.25) is 4.79 Å². The number of aromatic nitrogens is 1. The first-order chi connectivity index (χ1) is 9.47. The molecule has 0 aliphatic heterocycles. The first-order valence-corrected chi connectivity index (χ1v) is 6.64. The number of nitrogens with zero attached hydrogens (tertiary/aromatic N) is 1. The zero-order chi connectivity index (χ0) is 14.7. The van der Waals surface area contributed by atoms with Crippen LogP contribution < -0.4 is 16.0 Å². The number of benzene rings is 1. The van der Waals surface area contributed by atoms with Gasteiger partial charge < -0.3 is 15.0 Å². The molecule has 4 heteroatoms. The fourth-order valence-electron chi connectivity index (χ4n) is 2.37. The van der Waals surface area contributed by atoms with Crippen LogP contribution in [0.3, 0.4) is 0 Å². The van der Waals surface area contributed by atoms with E-state index in [9.17, 15) is 4.79 Å². The molecule has 0 saturated heterocycles. The topological polar surface area (TPSA) is 57.2 Å². The first-order valence-electron chi connectivity index (χ1n) is 6.64. The molecule has 0 bridgehead atoms. The van der Waals surface area contributed by atoms with E-state index in [1.165, 1.54) is 11.6 Å². The van der Waals surface area contributed by atoms with Gasteiger partial charge in [-0.05, 0) is 38.0 Å². The summed E-state index contributed by atoms with van der Waals surface area (Å²) in [6, 6.07) is 7.26. The van der Waals surface area contributed by atoms with Gasteiger partial charge in [-0.15, -0.1) is 0 Å². The summed E-state index contributed by atoms with van der Waals surface area (Å²) in [5.74, 6) is 0.896. The number of nitrogens with two attached hydrogens (primary N) is 1. The lowest BCUT2D eigenvalue weighted by molar-refractivity contribution is 0.292. The summed E-state index contributed by atoms with van der Waals surface area (Å²) >= 11 is 0. The third-order valence-electron chi connectivity index (χ3n) is 3.19. The van der Waals surface area contributed by atoms with Crippen LogP contribution in [0.2, 0.25) is 0 Å². The number of pyridine rings is 1. The van der Waals surface area contributed by atoms with Gasteiger partial charge in [0.05, 0.1) is 6.54 Å². The summed E-state index contributed by atoms with van der Waals surface area (Å²) < 4.78 is 7.38. The third kappa shape index (κ3) is 3.20. The minimum atomic E-state index is -0.0693. The van der Waals surface area contributed by atoms with E-state index in [0.717, 1.165) is 16.9 Å². The number of ether oxygens (including phenoxy) is 1. The second kappa shape index (κ2) is 5.82. The van der Waals surface area contributed by atoms with Crippen LogP contribution in [0.4, 0.5) is 5.69 Å². The van der Waals surface area contributed by atoms with Crippen LogP contribution in [0.15, 0.2) is 35.3 Å². The maximum absolute atomic E-state index is 11.6. The molecule has 20 heavy (non-hydrogen) atoms. The van der Waals surface area contributed by atoms with Crippen molar-refractivity contribution in [3.8, 4) is 5.75 Å². The minimum absolute atomic E-state index is 0.0693. The quantitative estimate of drug-likeness (QED) is 0.930. The predicted octanol–water partition coefficient (Wildman–Crippen LogP) is 2.43. The van der Waals surface area contributed by atoms with E-state index >= 15 is 0 Å². The van der Waals surface area contributed by atoms with E-state index in [4.69, 9.17) is 10.5 Å². The molecule has 106 valence electrons. The molecule has 2 N–H and O–H groups in total. The van der Waals surface area contributed by atoms with Crippen LogP contribution in [-0.2, 0) is 6.54 Å². The molecule has 0 spiro atoms. The van der Waals surface area contributed by atoms with E-state index in [1.54, 1.807) is 16.8 Å². The first kappa shape index (κ1) is 14.2. The monoisotopic (exact) mass is 272 g/mol. The van der Waals surface area contributed by atoms with Gasteiger partial charge in [0.1, 0.15) is 12.4 Å². The minimum Gasteiger partial charge on any atom is -0.491 e. The molecule has 0 radical (unpaired) electrons. The van der Waals surface area contributed by atoms with Crippen LogP contribution in [0, 0.1) is 20.8 Å². The fraction of sp³-hybridized carbons (Fsp3) is 0.312. The van der Waals surface area contributed by atoms with Crippen LogP contribution in [-0.4, -0.2) is 11.2 Å². The standard InChI is InChI=1S/C16H20N2O2/c1-11-8-12(2)16(13(3)9-11)20-7-6-18-10-14(17)4-5-15(18)19/h4-5,8-10H,6-7,17H2,1-3H3. The summed E-state index contributed by atoms with van der Waals surface area (Å²) in [6.07, 6.45) is 1.64. The normalized spacial score (nSPS) is 10.6. The van der Waals surface area contributed by atoms with Crippen molar-refractivity contribution in [3.63, 3.8) is 0 Å². The van der Waals surface area contributed by atoms with Crippen LogP contribution in [0.25, 0.3) is 0 Å². The number of hydrogen-bond acceptors (Lipinski definition) is 3. The molecule has 0 aliphatic rings. The maximum Gasteiger partial charge on any atom is 0.250 e. The van der Waals surface area contributed by atoms with Gasteiger partial charge in [-0.1, -0.05) is 17.7 Å². The lowest BCUT2D eigenvalue weighted by Crippen LogP contribution is -2.22. The number of anilines is 1.